The fraction of sp³-hybridized carbons (Fsp3) is 0.167. The smallest absolute Gasteiger partial charge is 0.120 e. The van der Waals surface area contributed by atoms with Gasteiger partial charge < -0.3 is 10.4 Å². The van der Waals surface area contributed by atoms with Gasteiger partial charge in [0.15, 0.2) is 0 Å². The number of aryl methyl sites for hydroxylation is 1. The fourth-order valence-corrected chi connectivity index (χ4v) is 4.19. The number of benzene rings is 3. The summed E-state index contributed by atoms with van der Waals surface area (Å²) in [5.74, 6) is 0.252. The van der Waals surface area contributed by atoms with E-state index < -0.39 is 0 Å². The summed E-state index contributed by atoms with van der Waals surface area (Å²) in [5, 5.41) is 18.3. The summed E-state index contributed by atoms with van der Waals surface area (Å²) in [6.07, 6.45) is 2.92. The van der Waals surface area contributed by atoms with Gasteiger partial charge in [-0.3, -0.25) is 5.32 Å². The average Bonchev–Trinajstić information content (AvgIpc) is 2.75. The van der Waals surface area contributed by atoms with E-state index in [1.54, 1.807) is 6.07 Å². The zero-order valence-electron chi connectivity index (χ0n) is 16.0. The molecule has 3 N–H and O–H groups in total. The summed E-state index contributed by atoms with van der Waals surface area (Å²) in [6.45, 7) is 2.15. The molecule has 0 aliphatic carbocycles. The Balaban J connectivity index is 1.78. The molecule has 0 bridgehead atoms. The number of aromatic hydroxyl groups is 1. The van der Waals surface area contributed by atoms with Crippen LogP contribution in [0.5, 0.6) is 5.75 Å². The molecule has 0 spiro atoms. The van der Waals surface area contributed by atoms with Crippen LogP contribution in [0.3, 0.4) is 0 Å². The van der Waals surface area contributed by atoms with Crippen LogP contribution in [0.1, 0.15) is 41.4 Å². The first-order valence-electron chi connectivity index (χ1n) is 9.61. The number of hydrogen-bond acceptors (Lipinski definition) is 3. The monoisotopic (exact) mass is 468 g/mol. The van der Waals surface area contributed by atoms with E-state index in [1.165, 1.54) is 5.56 Å². The third kappa shape index (κ3) is 4.35. The molecule has 0 amide bonds. The Kier molecular flexibility index (Phi) is 5.95. The highest BCUT2D eigenvalue weighted by Crippen LogP contribution is 2.36. The molecule has 2 unspecified atom stereocenters. The van der Waals surface area contributed by atoms with Gasteiger partial charge in [0.1, 0.15) is 11.9 Å². The highest BCUT2D eigenvalue weighted by atomic mass is 79.9. The molecule has 0 fully saturated rings. The second-order valence-corrected chi connectivity index (χ2v) is 8.40. The van der Waals surface area contributed by atoms with Gasteiger partial charge in [-0.15, -0.1) is 0 Å². The Morgan fingerprint density at radius 3 is 2.48 bits per heavy atom. The molecule has 3 nitrogen and oxygen atoms in total. The van der Waals surface area contributed by atoms with E-state index in [1.807, 2.05) is 36.4 Å². The largest absolute Gasteiger partial charge is 0.508 e. The molecule has 3 aromatic carbocycles. The van der Waals surface area contributed by atoms with Gasteiger partial charge >= 0.3 is 0 Å². The maximum absolute atomic E-state index is 10.5. The topological polar surface area (TPSA) is 44.3 Å². The number of phenols is 1. The van der Waals surface area contributed by atoms with Crippen molar-refractivity contribution < 1.29 is 5.11 Å². The van der Waals surface area contributed by atoms with Crippen molar-refractivity contribution >= 4 is 33.2 Å². The highest BCUT2D eigenvalue weighted by molar-refractivity contribution is 9.10. The standard InChI is InChI=1S/C24H22BrClN2O/c1-2-15-7-9-16(10-8-15)21-14-22(19-13-17(25)11-12-23(19)29)28-24(27-21)18-5-3-4-6-20(18)26/h3-14,22,24,27-29H,2H2,1H3. The van der Waals surface area contributed by atoms with E-state index >= 15 is 0 Å². The van der Waals surface area contributed by atoms with E-state index in [0.717, 1.165) is 33.3 Å². The Morgan fingerprint density at radius 1 is 1.00 bits per heavy atom. The van der Waals surface area contributed by atoms with E-state index in [2.05, 4.69) is 63.8 Å². The first-order valence-corrected chi connectivity index (χ1v) is 10.8. The Bertz CT molecular complexity index is 1050. The molecule has 0 radical (unpaired) electrons. The van der Waals surface area contributed by atoms with Crippen LogP contribution in [0, 0.1) is 0 Å². The predicted octanol–water partition coefficient (Wildman–Crippen LogP) is 6.34. The first kappa shape index (κ1) is 20.0. The van der Waals surface area contributed by atoms with Gasteiger partial charge in [0.25, 0.3) is 0 Å². The molecule has 4 rings (SSSR count). The Morgan fingerprint density at radius 2 is 1.76 bits per heavy atom. The van der Waals surface area contributed by atoms with Crippen LogP contribution in [-0.2, 0) is 6.42 Å². The van der Waals surface area contributed by atoms with Gasteiger partial charge in [-0.05, 0) is 47.9 Å². The summed E-state index contributed by atoms with van der Waals surface area (Å²) >= 11 is 10.00. The van der Waals surface area contributed by atoms with Crippen LogP contribution in [0.25, 0.3) is 5.70 Å². The van der Waals surface area contributed by atoms with Crippen LogP contribution in [0.15, 0.2) is 77.3 Å². The van der Waals surface area contributed by atoms with Crippen LogP contribution in [0.2, 0.25) is 5.02 Å². The molecule has 29 heavy (non-hydrogen) atoms. The number of halogens is 2. The van der Waals surface area contributed by atoms with Crippen LogP contribution in [-0.4, -0.2) is 5.11 Å². The van der Waals surface area contributed by atoms with Gasteiger partial charge in [-0.2, -0.15) is 0 Å². The molecule has 0 aromatic heterocycles. The SMILES string of the molecule is CCc1ccc(C2=CC(c3cc(Br)ccc3O)NC(c3ccccc3Cl)N2)cc1. The molecule has 1 heterocycles. The molecule has 1 aliphatic rings. The number of phenolic OH excluding ortho intramolecular Hbond substituents is 1. The lowest BCUT2D eigenvalue weighted by Gasteiger charge is -2.33. The minimum atomic E-state index is -0.196. The van der Waals surface area contributed by atoms with Gasteiger partial charge in [0.2, 0.25) is 0 Å². The minimum Gasteiger partial charge on any atom is -0.508 e. The summed E-state index contributed by atoms with van der Waals surface area (Å²) in [6, 6.07) is 21.6. The van der Waals surface area contributed by atoms with Gasteiger partial charge in [-0.25, -0.2) is 0 Å². The summed E-state index contributed by atoms with van der Waals surface area (Å²) < 4.78 is 0.919. The Hall–Kier alpha value is -2.27. The zero-order valence-corrected chi connectivity index (χ0v) is 18.3. The van der Waals surface area contributed by atoms with E-state index in [4.69, 9.17) is 11.6 Å². The maximum atomic E-state index is 10.5. The van der Waals surface area contributed by atoms with Crippen molar-refractivity contribution in [2.75, 3.05) is 0 Å². The number of hydrogen-bond donors (Lipinski definition) is 3. The predicted molar refractivity (Wildman–Crippen MR) is 123 cm³/mol. The summed E-state index contributed by atoms with van der Waals surface area (Å²) in [5.41, 5.74) is 5.16. The molecular weight excluding hydrogens is 448 g/mol. The lowest BCUT2D eigenvalue weighted by atomic mass is 9.97. The third-order valence-electron chi connectivity index (χ3n) is 5.19. The molecule has 0 saturated carbocycles. The zero-order chi connectivity index (χ0) is 20.4. The first-order chi connectivity index (χ1) is 14.0. The number of nitrogens with one attached hydrogen (secondary N) is 2. The van der Waals surface area contributed by atoms with E-state index in [0.29, 0.717) is 5.02 Å². The fourth-order valence-electron chi connectivity index (χ4n) is 3.57. The summed E-state index contributed by atoms with van der Waals surface area (Å²) in [4.78, 5) is 0. The van der Waals surface area contributed by atoms with Crippen molar-refractivity contribution in [2.24, 2.45) is 0 Å². The quantitative estimate of drug-likeness (QED) is 0.417. The second-order valence-electron chi connectivity index (χ2n) is 7.08. The molecule has 2 atom stereocenters. The molecule has 3 aromatic rings. The van der Waals surface area contributed by atoms with Crippen LogP contribution >= 0.6 is 27.5 Å². The van der Waals surface area contributed by atoms with Crippen molar-refractivity contribution in [1.82, 2.24) is 10.6 Å². The van der Waals surface area contributed by atoms with E-state index in [9.17, 15) is 5.11 Å². The van der Waals surface area contributed by atoms with Crippen molar-refractivity contribution in [3.05, 3.63) is 105 Å². The normalized spacial score (nSPS) is 18.8. The highest BCUT2D eigenvalue weighted by Gasteiger charge is 2.26. The van der Waals surface area contributed by atoms with Gasteiger partial charge in [-0.1, -0.05) is 76.9 Å². The van der Waals surface area contributed by atoms with Crippen molar-refractivity contribution in [2.45, 2.75) is 25.6 Å². The minimum absolute atomic E-state index is 0.184. The Labute approximate surface area is 184 Å². The van der Waals surface area contributed by atoms with Crippen molar-refractivity contribution in [3.63, 3.8) is 0 Å². The molecule has 148 valence electrons. The molecule has 5 heteroatoms. The molecule has 0 saturated heterocycles. The van der Waals surface area contributed by atoms with Crippen molar-refractivity contribution in [3.8, 4) is 5.75 Å². The van der Waals surface area contributed by atoms with Crippen LogP contribution < -0.4 is 10.6 Å². The lowest BCUT2D eigenvalue weighted by Crippen LogP contribution is -2.39. The maximum Gasteiger partial charge on any atom is 0.120 e. The van der Waals surface area contributed by atoms with Crippen molar-refractivity contribution in [1.29, 1.82) is 0 Å². The third-order valence-corrected chi connectivity index (χ3v) is 6.03. The summed E-state index contributed by atoms with van der Waals surface area (Å²) in [7, 11) is 0. The molecule has 1 aliphatic heterocycles. The van der Waals surface area contributed by atoms with Gasteiger partial charge in [0, 0.05) is 26.3 Å². The van der Waals surface area contributed by atoms with Crippen LogP contribution in [0.4, 0.5) is 0 Å². The average molecular weight is 470 g/mol. The lowest BCUT2D eigenvalue weighted by molar-refractivity contribution is 0.419. The second kappa shape index (κ2) is 8.62. The van der Waals surface area contributed by atoms with Gasteiger partial charge in [0.05, 0.1) is 6.04 Å². The number of rotatable bonds is 4. The molecular formula is C24H22BrClN2O. The van der Waals surface area contributed by atoms with E-state index in [-0.39, 0.29) is 18.0 Å².